The highest BCUT2D eigenvalue weighted by atomic mass is 19.1. The Hall–Kier alpha value is -4.20. The van der Waals surface area contributed by atoms with Crippen LogP contribution in [-0.2, 0) is 4.74 Å². The molecule has 0 aliphatic carbocycles. The molecule has 7 nitrogen and oxygen atoms in total. The van der Waals surface area contributed by atoms with E-state index >= 15 is 0 Å². The van der Waals surface area contributed by atoms with Crippen molar-refractivity contribution in [1.29, 1.82) is 0 Å². The maximum absolute atomic E-state index is 14.5. The standard InChI is InChI=1S/C25H22FN3O4/c1-15(16-4-6-18(7-5-16)25(30)32-3)29-23-22-17(10-12-27-23)11-13-28-24(22)33-21-9-8-19(31-2)14-20(21)26/h4-15H,1-3H3,(H,27,29)/t15-/m0/s1. The van der Waals surface area contributed by atoms with Crippen molar-refractivity contribution in [3.63, 3.8) is 0 Å². The number of nitrogens with zero attached hydrogens (tertiary/aromatic N) is 2. The number of carbonyl (C=O) groups excluding carboxylic acids is 1. The molecule has 0 aliphatic heterocycles. The average Bonchev–Trinajstić information content (AvgIpc) is 2.85. The number of methoxy groups -OCH3 is 2. The number of pyridine rings is 2. The molecule has 1 N–H and O–H groups in total. The lowest BCUT2D eigenvalue weighted by Crippen LogP contribution is -2.09. The lowest BCUT2D eigenvalue weighted by atomic mass is 10.1. The first kappa shape index (κ1) is 22.0. The Morgan fingerprint density at radius 2 is 1.73 bits per heavy atom. The fourth-order valence-corrected chi connectivity index (χ4v) is 3.39. The second-order valence-electron chi connectivity index (χ2n) is 7.25. The molecule has 1 atom stereocenters. The van der Waals surface area contributed by atoms with Crippen molar-refractivity contribution in [2.24, 2.45) is 0 Å². The highest BCUT2D eigenvalue weighted by molar-refractivity contribution is 5.96. The average molecular weight is 447 g/mol. The van der Waals surface area contributed by atoms with E-state index in [1.54, 1.807) is 30.6 Å². The van der Waals surface area contributed by atoms with Crippen molar-refractivity contribution in [2.75, 3.05) is 19.5 Å². The summed E-state index contributed by atoms with van der Waals surface area (Å²) in [5.41, 5.74) is 1.41. The molecule has 0 saturated heterocycles. The molecule has 0 fully saturated rings. The fraction of sp³-hybridized carbons (Fsp3) is 0.160. The molecule has 0 spiro atoms. The van der Waals surface area contributed by atoms with Crippen LogP contribution in [0.5, 0.6) is 17.4 Å². The number of fused-ring (bicyclic) bond motifs is 1. The van der Waals surface area contributed by atoms with Crippen LogP contribution in [0.15, 0.2) is 67.0 Å². The SMILES string of the molecule is COC(=O)c1ccc([C@H](C)Nc2nccc3ccnc(Oc4ccc(OC)cc4F)c23)cc1. The van der Waals surface area contributed by atoms with E-state index in [2.05, 4.69) is 15.3 Å². The Balaban J connectivity index is 1.65. The third-order valence-electron chi connectivity index (χ3n) is 5.17. The van der Waals surface area contributed by atoms with Gasteiger partial charge in [0.1, 0.15) is 11.6 Å². The predicted molar refractivity (Wildman–Crippen MR) is 122 cm³/mol. The van der Waals surface area contributed by atoms with Gasteiger partial charge in [-0.2, -0.15) is 0 Å². The monoisotopic (exact) mass is 447 g/mol. The zero-order chi connectivity index (χ0) is 23.4. The summed E-state index contributed by atoms with van der Waals surface area (Å²) in [6.07, 6.45) is 3.27. The van der Waals surface area contributed by atoms with Gasteiger partial charge in [-0.15, -0.1) is 0 Å². The third kappa shape index (κ3) is 4.69. The molecule has 8 heteroatoms. The second kappa shape index (κ2) is 9.52. The minimum Gasteiger partial charge on any atom is -0.497 e. The van der Waals surface area contributed by atoms with Gasteiger partial charge in [-0.1, -0.05) is 12.1 Å². The van der Waals surface area contributed by atoms with E-state index < -0.39 is 11.8 Å². The number of carbonyl (C=O) groups is 1. The Labute approximate surface area is 190 Å². The van der Waals surface area contributed by atoms with E-state index in [0.29, 0.717) is 22.5 Å². The van der Waals surface area contributed by atoms with Gasteiger partial charge < -0.3 is 19.5 Å². The molecule has 0 unspecified atom stereocenters. The fourth-order valence-electron chi connectivity index (χ4n) is 3.39. The van der Waals surface area contributed by atoms with Gasteiger partial charge in [-0.25, -0.2) is 19.2 Å². The number of halogens is 1. The third-order valence-corrected chi connectivity index (χ3v) is 5.17. The molecule has 0 bridgehead atoms. The van der Waals surface area contributed by atoms with Gasteiger partial charge in [0.25, 0.3) is 0 Å². The van der Waals surface area contributed by atoms with Crippen LogP contribution in [0.3, 0.4) is 0 Å². The molecule has 33 heavy (non-hydrogen) atoms. The first-order chi connectivity index (χ1) is 16.0. The molecule has 168 valence electrons. The minimum absolute atomic E-state index is 0.0250. The molecule has 0 saturated carbocycles. The summed E-state index contributed by atoms with van der Waals surface area (Å²) in [5.74, 6) is 0.218. The maximum atomic E-state index is 14.5. The van der Waals surface area contributed by atoms with E-state index in [1.165, 1.54) is 26.4 Å². The number of hydrogen-bond acceptors (Lipinski definition) is 7. The van der Waals surface area contributed by atoms with Gasteiger partial charge in [0.2, 0.25) is 5.88 Å². The first-order valence-corrected chi connectivity index (χ1v) is 10.2. The van der Waals surface area contributed by atoms with Crippen molar-refractivity contribution >= 4 is 22.6 Å². The molecule has 0 radical (unpaired) electrons. The summed E-state index contributed by atoms with van der Waals surface area (Å²) in [7, 11) is 2.81. The van der Waals surface area contributed by atoms with Crippen LogP contribution in [0.25, 0.3) is 10.8 Å². The second-order valence-corrected chi connectivity index (χ2v) is 7.25. The van der Waals surface area contributed by atoms with E-state index in [4.69, 9.17) is 14.2 Å². The smallest absolute Gasteiger partial charge is 0.337 e. The largest absolute Gasteiger partial charge is 0.497 e. The van der Waals surface area contributed by atoms with E-state index in [9.17, 15) is 9.18 Å². The van der Waals surface area contributed by atoms with Crippen LogP contribution in [0, 0.1) is 5.82 Å². The van der Waals surface area contributed by atoms with E-state index in [-0.39, 0.29) is 17.7 Å². The summed E-state index contributed by atoms with van der Waals surface area (Å²) in [6.45, 7) is 1.97. The van der Waals surface area contributed by atoms with Crippen LogP contribution >= 0.6 is 0 Å². The van der Waals surface area contributed by atoms with Gasteiger partial charge in [-0.05, 0) is 54.3 Å². The van der Waals surface area contributed by atoms with Crippen molar-refractivity contribution in [1.82, 2.24) is 9.97 Å². The van der Waals surface area contributed by atoms with Crippen LogP contribution in [0.2, 0.25) is 0 Å². The Kier molecular flexibility index (Phi) is 6.35. The maximum Gasteiger partial charge on any atom is 0.337 e. The van der Waals surface area contributed by atoms with Gasteiger partial charge >= 0.3 is 5.97 Å². The number of esters is 1. The number of benzene rings is 2. The zero-order valence-electron chi connectivity index (χ0n) is 18.3. The normalized spacial score (nSPS) is 11.6. The Morgan fingerprint density at radius 1 is 1.00 bits per heavy atom. The van der Waals surface area contributed by atoms with Crippen molar-refractivity contribution in [3.05, 3.63) is 83.9 Å². The minimum atomic E-state index is -0.564. The number of rotatable bonds is 7. The van der Waals surface area contributed by atoms with Gasteiger partial charge in [-0.3, -0.25) is 0 Å². The van der Waals surface area contributed by atoms with Crippen LogP contribution < -0.4 is 14.8 Å². The predicted octanol–water partition coefficient (Wildman–Crippen LogP) is 5.53. The molecular weight excluding hydrogens is 425 g/mol. The lowest BCUT2D eigenvalue weighted by molar-refractivity contribution is 0.0600. The van der Waals surface area contributed by atoms with Gasteiger partial charge in [0, 0.05) is 24.5 Å². The van der Waals surface area contributed by atoms with Gasteiger partial charge in [0.05, 0.1) is 25.2 Å². The summed E-state index contributed by atoms with van der Waals surface area (Å²) >= 11 is 0. The number of hydrogen-bond donors (Lipinski definition) is 1. The zero-order valence-corrected chi connectivity index (χ0v) is 18.3. The summed E-state index contributed by atoms with van der Waals surface area (Å²) in [4.78, 5) is 20.5. The molecule has 4 rings (SSSR count). The highest BCUT2D eigenvalue weighted by Crippen LogP contribution is 2.35. The molecule has 2 heterocycles. The topological polar surface area (TPSA) is 82.6 Å². The number of anilines is 1. The van der Waals surface area contributed by atoms with Crippen molar-refractivity contribution in [2.45, 2.75) is 13.0 Å². The number of aromatic nitrogens is 2. The van der Waals surface area contributed by atoms with Crippen molar-refractivity contribution in [3.8, 4) is 17.4 Å². The quantitative estimate of drug-likeness (QED) is 0.373. The number of nitrogens with one attached hydrogen (secondary N) is 1. The molecule has 0 amide bonds. The van der Waals surface area contributed by atoms with Crippen LogP contribution in [0.4, 0.5) is 10.2 Å². The van der Waals surface area contributed by atoms with E-state index in [0.717, 1.165) is 10.9 Å². The molecule has 0 aliphatic rings. The van der Waals surface area contributed by atoms with Crippen LogP contribution in [0.1, 0.15) is 28.9 Å². The molecule has 2 aromatic heterocycles. The van der Waals surface area contributed by atoms with Crippen molar-refractivity contribution < 1.29 is 23.4 Å². The summed E-state index contributed by atoms with van der Waals surface area (Å²) in [6, 6.07) is 15.0. The first-order valence-electron chi connectivity index (χ1n) is 10.2. The highest BCUT2D eigenvalue weighted by Gasteiger charge is 2.16. The lowest BCUT2D eigenvalue weighted by Gasteiger charge is -2.18. The Morgan fingerprint density at radius 3 is 2.39 bits per heavy atom. The van der Waals surface area contributed by atoms with Crippen LogP contribution in [-0.4, -0.2) is 30.2 Å². The summed E-state index contributed by atoms with van der Waals surface area (Å²) in [5, 5.41) is 4.81. The summed E-state index contributed by atoms with van der Waals surface area (Å²) < 4.78 is 30.1. The number of ether oxygens (including phenoxy) is 3. The molecular formula is C25H22FN3O4. The van der Waals surface area contributed by atoms with E-state index in [1.807, 2.05) is 31.2 Å². The van der Waals surface area contributed by atoms with Gasteiger partial charge in [0.15, 0.2) is 11.6 Å². The molecule has 4 aromatic rings. The molecule has 2 aromatic carbocycles. The Bertz CT molecular complexity index is 1290.